The topological polar surface area (TPSA) is 74.3 Å². The number of carbonyl (C=O) groups is 1. The van der Waals surface area contributed by atoms with Gasteiger partial charge in [0.1, 0.15) is 6.29 Å². The number of hydrogen-bond donors (Lipinski definition) is 0. The van der Waals surface area contributed by atoms with Crippen LogP contribution in [-0.2, 0) is 11.3 Å². The van der Waals surface area contributed by atoms with Gasteiger partial charge < -0.3 is 4.52 Å². The number of alkyl halides is 3. The highest BCUT2D eigenvalue weighted by Gasteiger charge is 2.29. The zero-order chi connectivity index (χ0) is 17.5. The van der Waals surface area contributed by atoms with E-state index in [-0.39, 0.29) is 27.2 Å². The Morgan fingerprint density at radius 1 is 1.38 bits per heavy atom. The van der Waals surface area contributed by atoms with Gasteiger partial charge in [-0.3, -0.25) is 18.9 Å². The van der Waals surface area contributed by atoms with Crippen molar-refractivity contribution in [1.29, 1.82) is 0 Å². The summed E-state index contributed by atoms with van der Waals surface area (Å²) >= 11 is 0.513. The first-order chi connectivity index (χ1) is 11.3. The molecule has 0 fully saturated rings. The molecular formula is C13H6F4N2O4S. The molecule has 24 heavy (non-hydrogen) atoms. The number of halogens is 4. The molecule has 0 saturated heterocycles. The number of carbonyl (C=O) groups excluding carboxylic acids is 1. The third kappa shape index (κ3) is 3.08. The normalized spacial score (nSPS) is 12.0. The van der Waals surface area contributed by atoms with Crippen molar-refractivity contribution in [2.24, 2.45) is 0 Å². The van der Waals surface area contributed by atoms with Gasteiger partial charge in [-0.05, 0) is 12.1 Å². The molecule has 0 spiro atoms. The van der Waals surface area contributed by atoms with E-state index < -0.39 is 23.7 Å². The Bertz CT molecular complexity index is 973. The summed E-state index contributed by atoms with van der Waals surface area (Å²) in [5, 5.41) is 3.60. The SMILES string of the molecule is O=Cc1cc(F)c2onc(-n3cc(COC(F)(F)F)sc3=O)c2c1. The third-order valence-corrected chi connectivity index (χ3v) is 3.82. The molecule has 2 heterocycles. The van der Waals surface area contributed by atoms with Crippen LogP contribution < -0.4 is 4.87 Å². The van der Waals surface area contributed by atoms with Gasteiger partial charge >= 0.3 is 11.2 Å². The average molecular weight is 362 g/mol. The molecule has 3 rings (SSSR count). The molecule has 0 saturated carbocycles. The number of aromatic nitrogens is 2. The lowest BCUT2D eigenvalue weighted by Crippen LogP contribution is -2.12. The number of aldehydes is 1. The number of nitrogens with zero attached hydrogens (tertiary/aromatic N) is 2. The molecule has 0 radical (unpaired) electrons. The summed E-state index contributed by atoms with van der Waals surface area (Å²) < 4.78 is 59.3. The zero-order valence-corrected chi connectivity index (χ0v) is 12.3. The first kappa shape index (κ1) is 16.3. The van der Waals surface area contributed by atoms with Gasteiger partial charge in [0.25, 0.3) is 0 Å². The maximum atomic E-state index is 13.8. The molecule has 6 nitrogen and oxygen atoms in total. The largest absolute Gasteiger partial charge is 0.522 e. The summed E-state index contributed by atoms with van der Waals surface area (Å²) in [4.78, 5) is 22.1. The Morgan fingerprint density at radius 3 is 2.79 bits per heavy atom. The van der Waals surface area contributed by atoms with Crippen molar-refractivity contribution in [2.45, 2.75) is 13.0 Å². The van der Waals surface area contributed by atoms with Crippen LogP contribution in [0.4, 0.5) is 17.6 Å². The van der Waals surface area contributed by atoms with E-state index in [1.54, 1.807) is 0 Å². The number of fused-ring (bicyclic) bond motifs is 1. The Hall–Kier alpha value is -2.53. The van der Waals surface area contributed by atoms with Gasteiger partial charge in [0.05, 0.1) is 16.9 Å². The van der Waals surface area contributed by atoms with Crippen molar-refractivity contribution in [2.75, 3.05) is 0 Å². The monoisotopic (exact) mass is 362 g/mol. The average Bonchev–Trinajstić information content (AvgIpc) is 3.07. The summed E-state index contributed by atoms with van der Waals surface area (Å²) in [5.41, 5.74) is -0.282. The van der Waals surface area contributed by atoms with Crippen molar-refractivity contribution in [3.8, 4) is 5.82 Å². The number of rotatable bonds is 4. The highest BCUT2D eigenvalue weighted by Crippen LogP contribution is 2.26. The summed E-state index contributed by atoms with van der Waals surface area (Å²) in [6.07, 6.45) is -3.35. The van der Waals surface area contributed by atoms with Crippen molar-refractivity contribution in [3.05, 3.63) is 44.3 Å². The van der Waals surface area contributed by atoms with E-state index in [9.17, 15) is 27.2 Å². The van der Waals surface area contributed by atoms with Crippen molar-refractivity contribution >= 4 is 28.6 Å². The first-order valence-corrected chi connectivity index (χ1v) is 7.06. The highest BCUT2D eigenvalue weighted by molar-refractivity contribution is 7.09. The van der Waals surface area contributed by atoms with Crippen LogP contribution in [0.5, 0.6) is 0 Å². The van der Waals surface area contributed by atoms with E-state index in [0.29, 0.717) is 17.6 Å². The van der Waals surface area contributed by atoms with Gasteiger partial charge in [0.15, 0.2) is 11.6 Å². The second-order valence-corrected chi connectivity index (χ2v) is 5.65. The van der Waals surface area contributed by atoms with E-state index in [4.69, 9.17) is 4.52 Å². The van der Waals surface area contributed by atoms with Gasteiger partial charge in [-0.1, -0.05) is 16.5 Å². The number of hydrogen-bond acceptors (Lipinski definition) is 6. The van der Waals surface area contributed by atoms with Crippen LogP contribution in [0.3, 0.4) is 0 Å². The van der Waals surface area contributed by atoms with E-state index in [2.05, 4.69) is 9.89 Å². The summed E-state index contributed by atoms with van der Waals surface area (Å²) in [6, 6.07) is 2.19. The fraction of sp³-hybridized carbons (Fsp3) is 0.154. The van der Waals surface area contributed by atoms with Gasteiger partial charge in [-0.25, -0.2) is 4.39 Å². The molecule has 0 bridgehead atoms. The van der Waals surface area contributed by atoms with Crippen LogP contribution in [-0.4, -0.2) is 22.4 Å². The minimum absolute atomic E-state index is 0.00615. The second-order valence-electron chi connectivity index (χ2n) is 4.57. The molecule has 0 unspecified atom stereocenters. The van der Waals surface area contributed by atoms with Crippen molar-refractivity contribution < 1.29 is 31.6 Å². The maximum Gasteiger partial charge on any atom is 0.522 e. The molecule has 11 heteroatoms. The highest BCUT2D eigenvalue weighted by atomic mass is 32.1. The lowest BCUT2D eigenvalue weighted by Gasteiger charge is -2.04. The van der Waals surface area contributed by atoms with Crippen LogP contribution in [0.15, 0.2) is 27.6 Å². The molecule has 3 aromatic rings. The fourth-order valence-corrected chi connectivity index (χ4v) is 2.74. The van der Waals surface area contributed by atoms with Crippen LogP contribution >= 0.6 is 11.3 Å². The Labute approximate surface area is 133 Å². The zero-order valence-electron chi connectivity index (χ0n) is 11.5. The van der Waals surface area contributed by atoms with Gasteiger partial charge in [0.2, 0.25) is 5.58 Å². The van der Waals surface area contributed by atoms with Crippen LogP contribution in [0.2, 0.25) is 0 Å². The fourth-order valence-electron chi connectivity index (χ4n) is 2.00. The molecule has 0 atom stereocenters. The molecule has 0 aliphatic heterocycles. The molecule has 126 valence electrons. The molecule has 0 aliphatic rings. The summed E-state index contributed by atoms with van der Waals surface area (Å²) in [6.45, 7) is -0.847. The van der Waals surface area contributed by atoms with E-state index in [1.165, 1.54) is 6.07 Å². The molecular weight excluding hydrogens is 356 g/mol. The lowest BCUT2D eigenvalue weighted by atomic mass is 10.1. The molecule has 0 N–H and O–H groups in total. The Morgan fingerprint density at radius 2 is 2.12 bits per heavy atom. The Balaban J connectivity index is 2.05. The molecule has 0 aliphatic carbocycles. The Kier molecular flexibility index (Phi) is 3.97. The predicted molar refractivity (Wildman–Crippen MR) is 73.7 cm³/mol. The number of ether oxygens (including phenoxy) is 1. The number of benzene rings is 1. The van der Waals surface area contributed by atoms with Gasteiger partial charge in [-0.15, -0.1) is 13.2 Å². The maximum absolute atomic E-state index is 13.8. The molecule has 2 aromatic heterocycles. The van der Waals surface area contributed by atoms with E-state index in [0.717, 1.165) is 16.8 Å². The van der Waals surface area contributed by atoms with Gasteiger partial charge in [-0.2, -0.15) is 0 Å². The van der Waals surface area contributed by atoms with Crippen molar-refractivity contribution in [1.82, 2.24) is 9.72 Å². The van der Waals surface area contributed by atoms with Crippen LogP contribution in [0.25, 0.3) is 16.8 Å². The minimum Gasteiger partial charge on any atom is -0.351 e. The molecule has 0 amide bonds. The van der Waals surface area contributed by atoms with Crippen LogP contribution in [0.1, 0.15) is 15.2 Å². The smallest absolute Gasteiger partial charge is 0.351 e. The first-order valence-electron chi connectivity index (χ1n) is 6.25. The standard InChI is InChI=1S/C13H6F4N2O4S/c14-9-2-6(4-20)1-8-10(9)23-18-11(8)19-3-7(24-12(19)21)5-22-13(15,16)17/h1-4H,5H2. The van der Waals surface area contributed by atoms with E-state index in [1.807, 2.05) is 0 Å². The van der Waals surface area contributed by atoms with E-state index >= 15 is 0 Å². The lowest BCUT2D eigenvalue weighted by molar-refractivity contribution is -0.330. The summed E-state index contributed by atoms with van der Waals surface area (Å²) in [5.74, 6) is -0.982. The summed E-state index contributed by atoms with van der Waals surface area (Å²) in [7, 11) is 0. The quantitative estimate of drug-likeness (QED) is 0.527. The van der Waals surface area contributed by atoms with Crippen molar-refractivity contribution in [3.63, 3.8) is 0 Å². The minimum atomic E-state index is -4.83. The molecule has 1 aromatic carbocycles. The number of thiazole rings is 1. The predicted octanol–water partition coefficient (Wildman–Crippen LogP) is 3.03. The third-order valence-electron chi connectivity index (χ3n) is 2.96. The second kappa shape index (κ2) is 5.83. The van der Waals surface area contributed by atoms with Crippen LogP contribution in [0, 0.1) is 5.82 Å². The van der Waals surface area contributed by atoms with Gasteiger partial charge in [0, 0.05) is 11.8 Å².